The fourth-order valence-electron chi connectivity index (χ4n) is 2.50. The predicted molar refractivity (Wildman–Crippen MR) is 93.4 cm³/mol. The molecule has 0 saturated carbocycles. The van der Waals surface area contributed by atoms with Gasteiger partial charge >= 0.3 is 11.9 Å². The van der Waals surface area contributed by atoms with E-state index in [1.54, 1.807) is 31.3 Å². The minimum absolute atomic E-state index is 0.295. The van der Waals surface area contributed by atoms with Crippen LogP contribution in [-0.2, 0) is 9.47 Å². The maximum Gasteiger partial charge on any atom is 0.338 e. The average molecular weight is 335 g/mol. The van der Waals surface area contributed by atoms with E-state index in [4.69, 9.17) is 4.74 Å². The first-order valence-electron chi connectivity index (χ1n) is 7.82. The van der Waals surface area contributed by atoms with Gasteiger partial charge in [0, 0.05) is 17.1 Å². The number of benzene rings is 2. The number of hydrogen-bond donors (Lipinski definition) is 0. The van der Waals surface area contributed by atoms with Crippen molar-refractivity contribution in [3.05, 3.63) is 77.5 Å². The van der Waals surface area contributed by atoms with Crippen molar-refractivity contribution in [1.29, 1.82) is 0 Å². The SMILES string of the molecule is COC(=O)c1cccc(C(=O)OC(C)c2cnc3ccccc3c2)c1. The molecule has 25 heavy (non-hydrogen) atoms. The molecule has 3 rings (SSSR count). The first kappa shape index (κ1) is 16.6. The first-order valence-corrected chi connectivity index (χ1v) is 7.82. The summed E-state index contributed by atoms with van der Waals surface area (Å²) in [6.45, 7) is 1.79. The highest BCUT2D eigenvalue weighted by molar-refractivity contribution is 5.95. The van der Waals surface area contributed by atoms with Crippen LogP contribution in [0.15, 0.2) is 60.8 Å². The largest absolute Gasteiger partial charge is 0.465 e. The number of hydrogen-bond acceptors (Lipinski definition) is 5. The molecule has 0 spiro atoms. The third kappa shape index (κ3) is 3.66. The molecule has 1 heterocycles. The van der Waals surface area contributed by atoms with Gasteiger partial charge in [0.2, 0.25) is 0 Å². The average Bonchev–Trinajstić information content (AvgIpc) is 2.66. The zero-order valence-corrected chi connectivity index (χ0v) is 13.9. The Bertz CT molecular complexity index is 936. The number of methoxy groups -OCH3 is 1. The molecule has 3 aromatic rings. The van der Waals surface area contributed by atoms with Gasteiger partial charge in [0.15, 0.2) is 0 Å². The van der Waals surface area contributed by atoms with Crippen LogP contribution in [0.4, 0.5) is 0 Å². The molecule has 0 bridgehead atoms. The fraction of sp³-hybridized carbons (Fsp3) is 0.150. The zero-order chi connectivity index (χ0) is 17.8. The van der Waals surface area contributed by atoms with Crippen LogP contribution in [0.3, 0.4) is 0 Å². The lowest BCUT2D eigenvalue weighted by Gasteiger charge is -2.14. The number of aromatic nitrogens is 1. The van der Waals surface area contributed by atoms with Crippen LogP contribution in [0.1, 0.15) is 39.3 Å². The van der Waals surface area contributed by atoms with E-state index < -0.39 is 18.0 Å². The minimum Gasteiger partial charge on any atom is -0.465 e. The summed E-state index contributed by atoms with van der Waals surface area (Å²) in [6, 6.07) is 15.9. The fourth-order valence-corrected chi connectivity index (χ4v) is 2.50. The monoisotopic (exact) mass is 335 g/mol. The molecule has 1 atom stereocenters. The summed E-state index contributed by atoms with van der Waals surface area (Å²) in [4.78, 5) is 28.3. The molecule has 126 valence electrons. The summed E-state index contributed by atoms with van der Waals surface area (Å²) in [6.07, 6.45) is 1.23. The highest BCUT2D eigenvalue weighted by Gasteiger charge is 2.16. The summed E-state index contributed by atoms with van der Waals surface area (Å²) in [5.41, 5.74) is 2.28. The van der Waals surface area contributed by atoms with E-state index >= 15 is 0 Å². The molecule has 0 fully saturated rings. The van der Waals surface area contributed by atoms with E-state index in [2.05, 4.69) is 9.72 Å². The van der Waals surface area contributed by atoms with Crippen molar-refractivity contribution >= 4 is 22.8 Å². The molecule has 1 aromatic heterocycles. The lowest BCUT2D eigenvalue weighted by molar-refractivity contribution is 0.0337. The summed E-state index contributed by atoms with van der Waals surface area (Å²) in [7, 11) is 1.29. The predicted octanol–water partition coefficient (Wildman–Crippen LogP) is 3.94. The van der Waals surface area contributed by atoms with Crippen molar-refractivity contribution in [2.24, 2.45) is 0 Å². The molecule has 5 nitrogen and oxygen atoms in total. The molecule has 2 aromatic carbocycles. The molecular formula is C20H17NO4. The Morgan fingerprint density at radius 3 is 2.44 bits per heavy atom. The molecule has 0 N–H and O–H groups in total. The van der Waals surface area contributed by atoms with Crippen LogP contribution < -0.4 is 0 Å². The van der Waals surface area contributed by atoms with E-state index in [1.165, 1.54) is 13.2 Å². The molecule has 0 radical (unpaired) electrons. The zero-order valence-electron chi connectivity index (χ0n) is 13.9. The van der Waals surface area contributed by atoms with Gasteiger partial charge in [-0.1, -0.05) is 24.3 Å². The molecule has 1 unspecified atom stereocenters. The van der Waals surface area contributed by atoms with Crippen LogP contribution in [0.25, 0.3) is 10.9 Å². The molecule has 0 aliphatic rings. The number of fused-ring (bicyclic) bond motifs is 1. The van der Waals surface area contributed by atoms with Gasteiger partial charge < -0.3 is 9.47 Å². The van der Waals surface area contributed by atoms with Crippen molar-refractivity contribution in [1.82, 2.24) is 4.98 Å². The smallest absolute Gasteiger partial charge is 0.338 e. The van der Waals surface area contributed by atoms with Gasteiger partial charge in [-0.15, -0.1) is 0 Å². The number of nitrogens with zero attached hydrogens (tertiary/aromatic N) is 1. The van der Waals surface area contributed by atoms with Crippen LogP contribution >= 0.6 is 0 Å². The Morgan fingerprint density at radius 1 is 0.960 bits per heavy atom. The first-order chi connectivity index (χ1) is 12.1. The molecule has 5 heteroatoms. The number of carbonyl (C=O) groups is 2. The highest BCUT2D eigenvalue weighted by atomic mass is 16.5. The number of ether oxygens (including phenoxy) is 2. The number of pyridine rings is 1. The Balaban J connectivity index is 1.78. The highest BCUT2D eigenvalue weighted by Crippen LogP contribution is 2.22. The standard InChI is InChI=1S/C20H17NO4/c1-13(17-10-14-6-3-4-9-18(14)21-12-17)25-20(23)16-8-5-7-15(11-16)19(22)24-2/h3-13H,1-2H3. The van der Waals surface area contributed by atoms with Crippen molar-refractivity contribution in [2.75, 3.05) is 7.11 Å². The van der Waals surface area contributed by atoms with Crippen molar-refractivity contribution in [2.45, 2.75) is 13.0 Å². The summed E-state index contributed by atoms with van der Waals surface area (Å²) >= 11 is 0. The van der Waals surface area contributed by atoms with Crippen LogP contribution in [0, 0.1) is 0 Å². The molecular weight excluding hydrogens is 318 g/mol. The van der Waals surface area contributed by atoms with E-state index in [1.807, 2.05) is 30.3 Å². The summed E-state index contributed by atoms with van der Waals surface area (Å²) < 4.78 is 10.2. The van der Waals surface area contributed by atoms with Gasteiger partial charge in [0.05, 0.1) is 23.8 Å². The van der Waals surface area contributed by atoms with Crippen LogP contribution in [-0.4, -0.2) is 24.0 Å². The maximum absolute atomic E-state index is 12.4. The van der Waals surface area contributed by atoms with Crippen LogP contribution in [0.2, 0.25) is 0 Å². The third-order valence-corrected chi connectivity index (χ3v) is 3.88. The lowest BCUT2D eigenvalue weighted by atomic mass is 10.1. The van der Waals surface area contributed by atoms with Gasteiger partial charge in [-0.2, -0.15) is 0 Å². The van der Waals surface area contributed by atoms with Gasteiger partial charge in [-0.25, -0.2) is 9.59 Å². The Labute approximate surface area is 145 Å². The normalized spacial score (nSPS) is 11.8. The maximum atomic E-state index is 12.4. The second-order valence-electron chi connectivity index (χ2n) is 5.58. The molecule has 0 saturated heterocycles. The topological polar surface area (TPSA) is 65.5 Å². The van der Waals surface area contributed by atoms with Gasteiger partial charge in [-0.3, -0.25) is 4.98 Å². The lowest BCUT2D eigenvalue weighted by Crippen LogP contribution is -2.11. The number of carbonyl (C=O) groups excluding carboxylic acids is 2. The quantitative estimate of drug-likeness (QED) is 0.676. The number of para-hydroxylation sites is 1. The Hall–Kier alpha value is -3.21. The van der Waals surface area contributed by atoms with Gasteiger partial charge in [0.25, 0.3) is 0 Å². The van der Waals surface area contributed by atoms with Gasteiger partial charge in [-0.05, 0) is 37.3 Å². The second kappa shape index (κ2) is 7.13. The third-order valence-electron chi connectivity index (χ3n) is 3.88. The molecule has 0 aliphatic carbocycles. The number of rotatable bonds is 4. The summed E-state index contributed by atoms with van der Waals surface area (Å²) in [5, 5.41) is 0.982. The summed E-state index contributed by atoms with van der Waals surface area (Å²) in [5.74, 6) is -1.01. The van der Waals surface area contributed by atoms with E-state index in [9.17, 15) is 9.59 Å². The molecule has 0 aliphatic heterocycles. The van der Waals surface area contributed by atoms with E-state index in [0.29, 0.717) is 11.1 Å². The van der Waals surface area contributed by atoms with Gasteiger partial charge in [0.1, 0.15) is 6.10 Å². The Kier molecular flexibility index (Phi) is 4.75. The van der Waals surface area contributed by atoms with E-state index in [0.717, 1.165) is 16.5 Å². The number of esters is 2. The van der Waals surface area contributed by atoms with Crippen molar-refractivity contribution in [3.63, 3.8) is 0 Å². The van der Waals surface area contributed by atoms with E-state index in [-0.39, 0.29) is 0 Å². The molecule has 0 amide bonds. The van der Waals surface area contributed by atoms with Crippen LogP contribution in [0.5, 0.6) is 0 Å². The Morgan fingerprint density at radius 2 is 1.68 bits per heavy atom. The van der Waals surface area contributed by atoms with Crippen molar-refractivity contribution < 1.29 is 19.1 Å². The minimum atomic E-state index is -0.508. The second-order valence-corrected chi connectivity index (χ2v) is 5.58. The van der Waals surface area contributed by atoms with Crippen molar-refractivity contribution in [3.8, 4) is 0 Å².